The lowest BCUT2D eigenvalue weighted by atomic mass is 9.83. The molecule has 2 aromatic carbocycles. The van der Waals surface area contributed by atoms with Gasteiger partial charge in [-0.05, 0) is 25.2 Å². The first-order valence-corrected chi connectivity index (χ1v) is 10.9. The highest BCUT2D eigenvalue weighted by Crippen LogP contribution is 2.44. The lowest BCUT2D eigenvalue weighted by Gasteiger charge is -2.37. The average Bonchev–Trinajstić information content (AvgIpc) is 3.26. The second-order valence-corrected chi connectivity index (χ2v) is 8.61. The van der Waals surface area contributed by atoms with Crippen molar-refractivity contribution in [3.8, 4) is 17.3 Å². The Balaban J connectivity index is 1.76. The molecule has 2 aromatic heterocycles. The first-order valence-electron chi connectivity index (χ1n) is 10.9. The molecule has 2 atom stereocenters. The number of pyridine rings is 1. The Morgan fingerprint density at radius 3 is 2.18 bits per heavy atom. The molecule has 168 valence electrons. The van der Waals surface area contributed by atoms with E-state index in [0.29, 0.717) is 23.8 Å². The van der Waals surface area contributed by atoms with Gasteiger partial charge in [0.1, 0.15) is 11.9 Å². The van der Waals surface area contributed by atoms with Crippen LogP contribution in [0.2, 0.25) is 0 Å². The van der Waals surface area contributed by atoms with Crippen molar-refractivity contribution >= 4 is 0 Å². The van der Waals surface area contributed by atoms with Crippen LogP contribution < -0.4 is 5.43 Å². The number of nitrogens with zero attached hydrogens (tertiary/aromatic N) is 4. The maximum absolute atomic E-state index is 12.4. The molecule has 0 fully saturated rings. The zero-order valence-electron chi connectivity index (χ0n) is 18.5. The highest BCUT2D eigenvalue weighted by Gasteiger charge is 2.36. The lowest BCUT2D eigenvalue weighted by molar-refractivity contribution is 0.0319. The number of aromatic hydroxyl groups is 1. The molecule has 1 aliphatic rings. The smallest absolute Gasteiger partial charge is 0.223 e. The van der Waals surface area contributed by atoms with Gasteiger partial charge in [0.2, 0.25) is 5.43 Å². The standard InChI is InChI=1S/C26H26N4O3/c1-28(2)26(33)19-15-27-25-23-24(32)21(31)13-14-29(23)20(16-30(19)25)22(17-9-5-3-6-10-17)18-11-7-4-8-12-18/h3-15,20,22,26,32-33H,16H2,1-2H3/t20-,26?/m1/s1. The van der Waals surface area contributed by atoms with Gasteiger partial charge in [0.15, 0.2) is 11.6 Å². The fraction of sp³-hybridized carbons (Fsp3) is 0.231. The number of aromatic nitrogens is 3. The summed E-state index contributed by atoms with van der Waals surface area (Å²) in [6.07, 6.45) is 2.48. The van der Waals surface area contributed by atoms with E-state index in [-0.39, 0.29) is 17.7 Å². The van der Waals surface area contributed by atoms with Gasteiger partial charge in [0.25, 0.3) is 0 Å². The van der Waals surface area contributed by atoms with Crippen molar-refractivity contribution in [2.45, 2.75) is 24.7 Å². The van der Waals surface area contributed by atoms with E-state index in [1.54, 1.807) is 31.4 Å². The molecule has 1 aliphatic heterocycles. The molecule has 5 rings (SSSR count). The Morgan fingerprint density at radius 1 is 1.00 bits per heavy atom. The van der Waals surface area contributed by atoms with Gasteiger partial charge in [-0.15, -0.1) is 0 Å². The number of fused-ring (bicyclic) bond motifs is 3. The second kappa shape index (κ2) is 8.35. The Bertz CT molecular complexity index is 1290. The summed E-state index contributed by atoms with van der Waals surface area (Å²) in [7, 11) is 3.58. The van der Waals surface area contributed by atoms with Crippen LogP contribution in [-0.2, 0) is 6.54 Å². The van der Waals surface area contributed by atoms with Crippen molar-refractivity contribution in [1.29, 1.82) is 0 Å². The minimum Gasteiger partial charge on any atom is -0.503 e. The third kappa shape index (κ3) is 3.55. The summed E-state index contributed by atoms with van der Waals surface area (Å²) >= 11 is 0. The molecule has 0 amide bonds. The number of aliphatic hydroxyl groups excluding tert-OH is 1. The molecule has 0 bridgehead atoms. The number of hydrogen-bond donors (Lipinski definition) is 2. The third-order valence-corrected chi connectivity index (χ3v) is 6.38. The van der Waals surface area contributed by atoms with Crippen molar-refractivity contribution < 1.29 is 10.2 Å². The van der Waals surface area contributed by atoms with Gasteiger partial charge < -0.3 is 19.3 Å². The van der Waals surface area contributed by atoms with Crippen LogP contribution in [0.15, 0.2) is 83.9 Å². The quantitative estimate of drug-likeness (QED) is 0.463. The predicted octanol–water partition coefficient (Wildman–Crippen LogP) is 3.36. The van der Waals surface area contributed by atoms with Gasteiger partial charge in [-0.25, -0.2) is 4.98 Å². The highest BCUT2D eigenvalue weighted by atomic mass is 16.3. The van der Waals surface area contributed by atoms with Gasteiger partial charge >= 0.3 is 0 Å². The Labute approximate surface area is 191 Å². The van der Waals surface area contributed by atoms with Gasteiger partial charge in [-0.1, -0.05) is 60.7 Å². The van der Waals surface area contributed by atoms with Crippen molar-refractivity contribution in [2.24, 2.45) is 0 Å². The Morgan fingerprint density at radius 2 is 1.61 bits per heavy atom. The number of aliphatic hydroxyl groups is 1. The minimum atomic E-state index is -0.872. The Hall–Kier alpha value is -3.68. The molecule has 33 heavy (non-hydrogen) atoms. The van der Waals surface area contributed by atoms with E-state index in [4.69, 9.17) is 0 Å². The summed E-state index contributed by atoms with van der Waals surface area (Å²) in [6.45, 7) is 0.513. The summed E-state index contributed by atoms with van der Waals surface area (Å²) in [5.41, 5.74) is 2.77. The van der Waals surface area contributed by atoms with Crippen LogP contribution in [0, 0.1) is 0 Å². The van der Waals surface area contributed by atoms with Crippen molar-refractivity contribution in [3.05, 3.63) is 106 Å². The zero-order chi connectivity index (χ0) is 23.1. The Kier molecular flexibility index (Phi) is 5.36. The summed E-state index contributed by atoms with van der Waals surface area (Å²) in [6, 6.07) is 21.6. The molecule has 0 aliphatic carbocycles. The summed E-state index contributed by atoms with van der Waals surface area (Å²) in [5, 5.41) is 21.6. The van der Waals surface area contributed by atoms with Crippen molar-refractivity contribution in [2.75, 3.05) is 14.1 Å². The van der Waals surface area contributed by atoms with Gasteiger partial charge in [0.05, 0.1) is 17.9 Å². The minimum absolute atomic E-state index is 0.0621. The molecule has 2 N–H and O–H groups in total. The molecule has 0 saturated carbocycles. The van der Waals surface area contributed by atoms with Crippen LogP contribution in [-0.4, -0.2) is 43.3 Å². The van der Waals surface area contributed by atoms with E-state index in [9.17, 15) is 15.0 Å². The number of benzene rings is 2. The van der Waals surface area contributed by atoms with Gasteiger partial charge in [-0.3, -0.25) is 9.69 Å². The zero-order valence-corrected chi connectivity index (χ0v) is 18.5. The van der Waals surface area contributed by atoms with Crippen molar-refractivity contribution in [3.63, 3.8) is 0 Å². The number of rotatable bonds is 5. The molecular weight excluding hydrogens is 416 g/mol. The number of imidazole rings is 1. The van der Waals surface area contributed by atoms with E-state index in [0.717, 1.165) is 11.1 Å². The van der Waals surface area contributed by atoms with Crippen LogP contribution in [0.5, 0.6) is 5.75 Å². The van der Waals surface area contributed by atoms with Crippen LogP contribution in [0.4, 0.5) is 0 Å². The molecule has 0 radical (unpaired) electrons. The maximum atomic E-state index is 12.4. The average molecular weight is 443 g/mol. The predicted molar refractivity (Wildman–Crippen MR) is 126 cm³/mol. The molecule has 0 saturated heterocycles. The molecule has 3 heterocycles. The maximum Gasteiger partial charge on any atom is 0.223 e. The van der Waals surface area contributed by atoms with Crippen LogP contribution in [0.1, 0.15) is 35.0 Å². The fourth-order valence-electron chi connectivity index (χ4n) is 4.78. The van der Waals surface area contributed by atoms with Gasteiger partial charge in [-0.2, -0.15) is 0 Å². The van der Waals surface area contributed by atoms with E-state index < -0.39 is 11.7 Å². The third-order valence-electron chi connectivity index (χ3n) is 6.38. The summed E-state index contributed by atoms with van der Waals surface area (Å²) in [4.78, 5) is 18.6. The SMILES string of the molecule is CN(C)C(O)c1cnc2n1C[C@H](C(c1ccccc1)c1ccccc1)n1ccc(=O)c(O)c1-2. The highest BCUT2D eigenvalue weighted by molar-refractivity contribution is 5.62. The topological polar surface area (TPSA) is 83.5 Å². The fourth-order valence-corrected chi connectivity index (χ4v) is 4.78. The van der Waals surface area contributed by atoms with E-state index in [1.165, 1.54) is 6.07 Å². The molecule has 7 nitrogen and oxygen atoms in total. The van der Waals surface area contributed by atoms with E-state index in [1.807, 2.05) is 45.5 Å². The van der Waals surface area contributed by atoms with Crippen molar-refractivity contribution in [1.82, 2.24) is 19.0 Å². The van der Waals surface area contributed by atoms with Gasteiger partial charge in [0, 0.05) is 24.7 Å². The summed E-state index contributed by atoms with van der Waals surface area (Å²) < 4.78 is 3.87. The first-order chi connectivity index (χ1) is 16.0. The number of hydrogen-bond acceptors (Lipinski definition) is 5. The normalized spacial score (nSPS) is 16.0. The molecule has 4 aromatic rings. The van der Waals surface area contributed by atoms with E-state index >= 15 is 0 Å². The molecule has 1 unspecified atom stereocenters. The van der Waals surface area contributed by atoms with Crippen LogP contribution in [0.3, 0.4) is 0 Å². The monoisotopic (exact) mass is 442 g/mol. The van der Waals surface area contributed by atoms with Crippen LogP contribution in [0.25, 0.3) is 11.5 Å². The lowest BCUT2D eigenvalue weighted by Crippen LogP contribution is -2.32. The second-order valence-electron chi connectivity index (χ2n) is 8.61. The molecule has 7 heteroatoms. The first kappa shape index (κ1) is 21.2. The summed E-state index contributed by atoms with van der Waals surface area (Å²) in [5.74, 6) is 0.0741. The molecular formula is C26H26N4O3. The molecule has 0 spiro atoms. The van der Waals surface area contributed by atoms with Crippen LogP contribution >= 0.6 is 0 Å². The van der Waals surface area contributed by atoms with E-state index in [2.05, 4.69) is 29.2 Å². The largest absolute Gasteiger partial charge is 0.503 e.